The quantitative estimate of drug-likeness (QED) is 0.933. The summed E-state index contributed by atoms with van der Waals surface area (Å²) in [7, 11) is 0. The molecule has 0 aliphatic carbocycles. The number of benzene rings is 1. The zero-order chi connectivity index (χ0) is 17.9. The zero-order valence-electron chi connectivity index (χ0n) is 15.1. The van der Waals surface area contributed by atoms with Crippen molar-refractivity contribution in [3.8, 4) is 5.69 Å². The molecule has 0 saturated carbocycles. The van der Waals surface area contributed by atoms with Gasteiger partial charge in [0.2, 0.25) is 0 Å². The number of carbonyl (C=O) groups is 1. The number of ether oxygens (including phenoxy) is 1. The maximum absolute atomic E-state index is 12.6. The molecule has 1 fully saturated rings. The number of para-hydroxylation sites is 1. The maximum Gasteiger partial charge on any atom is 0.317 e. The molecule has 25 heavy (non-hydrogen) atoms. The van der Waals surface area contributed by atoms with E-state index in [1.807, 2.05) is 39.9 Å². The van der Waals surface area contributed by atoms with E-state index in [4.69, 9.17) is 4.74 Å². The molecule has 2 amide bonds. The number of morpholine rings is 1. The summed E-state index contributed by atoms with van der Waals surface area (Å²) >= 11 is 0. The average Bonchev–Trinajstić information content (AvgIpc) is 3.14. The predicted molar refractivity (Wildman–Crippen MR) is 96.6 cm³/mol. The maximum atomic E-state index is 12.6. The van der Waals surface area contributed by atoms with Crippen molar-refractivity contribution in [1.82, 2.24) is 19.8 Å². The minimum absolute atomic E-state index is 0.0208. The molecule has 6 heteroatoms. The van der Waals surface area contributed by atoms with Gasteiger partial charge in [-0.2, -0.15) is 0 Å². The van der Waals surface area contributed by atoms with Crippen molar-refractivity contribution < 1.29 is 9.53 Å². The van der Waals surface area contributed by atoms with E-state index in [1.54, 1.807) is 12.5 Å². The van der Waals surface area contributed by atoms with Crippen LogP contribution in [0, 0.1) is 5.41 Å². The van der Waals surface area contributed by atoms with Gasteiger partial charge < -0.3 is 19.5 Å². The lowest BCUT2D eigenvalue weighted by Crippen LogP contribution is -2.52. The Morgan fingerprint density at radius 3 is 2.88 bits per heavy atom. The van der Waals surface area contributed by atoms with Gasteiger partial charge in [0.05, 0.1) is 24.7 Å². The molecule has 1 N–H and O–H groups in total. The van der Waals surface area contributed by atoms with Gasteiger partial charge in [-0.1, -0.05) is 39.0 Å². The van der Waals surface area contributed by atoms with Crippen molar-refractivity contribution in [3.05, 3.63) is 48.5 Å². The van der Waals surface area contributed by atoms with Crippen molar-refractivity contribution in [2.75, 3.05) is 19.7 Å². The van der Waals surface area contributed by atoms with Crippen LogP contribution >= 0.6 is 0 Å². The Balaban J connectivity index is 1.63. The topological polar surface area (TPSA) is 59.4 Å². The predicted octanol–water partition coefficient (Wildman–Crippen LogP) is 2.83. The summed E-state index contributed by atoms with van der Waals surface area (Å²) in [6.07, 6.45) is 5.47. The fourth-order valence-electron chi connectivity index (χ4n) is 2.95. The molecule has 1 aliphatic rings. The minimum Gasteiger partial charge on any atom is -0.374 e. The van der Waals surface area contributed by atoms with Crippen molar-refractivity contribution >= 4 is 6.03 Å². The lowest BCUT2D eigenvalue weighted by molar-refractivity contribution is -0.0677. The van der Waals surface area contributed by atoms with Gasteiger partial charge in [0.15, 0.2) is 0 Å². The van der Waals surface area contributed by atoms with E-state index in [1.165, 1.54) is 0 Å². The first-order chi connectivity index (χ1) is 11.9. The first kappa shape index (κ1) is 17.5. The van der Waals surface area contributed by atoms with E-state index in [-0.39, 0.29) is 17.6 Å². The molecule has 0 radical (unpaired) electrons. The van der Waals surface area contributed by atoms with Crippen LogP contribution in [0.25, 0.3) is 5.69 Å². The summed E-state index contributed by atoms with van der Waals surface area (Å²) in [6, 6.07) is 7.96. The molecule has 0 bridgehead atoms. The van der Waals surface area contributed by atoms with Gasteiger partial charge in [-0.05, 0) is 17.0 Å². The fourth-order valence-corrected chi connectivity index (χ4v) is 2.95. The van der Waals surface area contributed by atoms with Crippen LogP contribution in [0.3, 0.4) is 0 Å². The van der Waals surface area contributed by atoms with Crippen molar-refractivity contribution in [2.45, 2.75) is 33.4 Å². The summed E-state index contributed by atoms with van der Waals surface area (Å²) < 4.78 is 7.77. The number of nitrogens with one attached hydrogen (secondary N) is 1. The number of urea groups is 1. The summed E-state index contributed by atoms with van der Waals surface area (Å²) in [5, 5.41) is 3.04. The first-order valence-electron chi connectivity index (χ1n) is 8.66. The largest absolute Gasteiger partial charge is 0.374 e. The van der Waals surface area contributed by atoms with E-state index in [0.29, 0.717) is 26.2 Å². The number of amides is 2. The van der Waals surface area contributed by atoms with Crippen LogP contribution < -0.4 is 5.32 Å². The first-order valence-corrected chi connectivity index (χ1v) is 8.66. The molecule has 0 spiro atoms. The van der Waals surface area contributed by atoms with Crippen LogP contribution in [0.4, 0.5) is 4.79 Å². The Bertz CT molecular complexity index is 706. The smallest absolute Gasteiger partial charge is 0.317 e. The number of carbonyl (C=O) groups excluding carboxylic acids is 1. The van der Waals surface area contributed by atoms with Crippen LogP contribution in [-0.4, -0.2) is 46.3 Å². The van der Waals surface area contributed by atoms with Gasteiger partial charge in [-0.3, -0.25) is 0 Å². The van der Waals surface area contributed by atoms with E-state index in [2.05, 4.69) is 31.1 Å². The molecule has 1 aromatic heterocycles. The third-order valence-electron chi connectivity index (χ3n) is 4.52. The van der Waals surface area contributed by atoms with E-state index >= 15 is 0 Å². The lowest BCUT2D eigenvalue weighted by atomic mass is 9.88. The molecule has 1 unspecified atom stereocenters. The molecule has 1 aromatic carbocycles. The van der Waals surface area contributed by atoms with E-state index in [0.717, 1.165) is 11.3 Å². The van der Waals surface area contributed by atoms with Gasteiger partial charge >= 0.3 is 6.03 Å². The average molecular weight is 342 g/mol. The third-order valence-corrected chi connectivity index (χ3v) is 4.52. The second kappa shape index (κ2) is 7.27. The van der Waals surface area contributed by atoms with Crippen LogP contribution in [0.1, 0.15) is 26.3 Å². The van der Waals surface area contributed by atoms with Gasteiger partial charge in [-0.15, -0.1) is 0 Å². The third kappa shape index (κ3) is 4.20. The van der Waals surface area contributed by atoms with E-state index < -0.39 is 0 Å². The molecule has 2 heterocycles. The van der Waals surface area contributed by atoms with Crippen LogP contribution in [0.5, 0.6) is 0 Å². The zero-order valence-corrected chi connectivity index (χ0v) is 15.1. The van der Waals surface area contributed by atoms with Crippen molar-refractivity contribution in [3.63, 3.8) is 0 Å². The Hall–Kier alpha value is -2.34. The van der Waals surface area contributed by atoms with Crippen molar-refractivity contribution in [1.29, 1.82) is 0 Å². The SMILES string of the molecule is CC(C)(C)C1CN(C(=O)NCc2ccccc2-n2ccnc2)CCO1. The van der Waals surface area contributed by atoms with Gasteiger partial charge in [0.25, 0.3) is 0 Å². The minimum atomic E-state index is -0.0435. The number of imidazole rings is 1. The lowest BCUT2D eigenvalue weighted by Gasteiger charge is -2.39. The monoisotopic (exact) mass is 342 g/mol. The number of hydrogen-bond donors (Lipinski definition) is 1. The van der Waals surface area contributed by atoms with Crippen molar-refractivity contribution in [2.24, 2.45) is 5.41 Å². The molecule has 3 rings (SSSR count). The Kier molecular flexibility index (Phi) is 5.08. The van der Waals surface area contributed by atoms with E-state index in [9.17, 15) is 4.79 Å². The van der Waals surface area contributed by atoms with Crippen LogP contribution in [0.15, 0.2) is 43.0 Å². The number of nitrogens with zero attached hydrogens (tertiary/aromatic N) is 3. The molecule has 6 nitrogen and oxygen atoms in total. The van der Waals surface area contributed by atoms with Crippen LogP contribution in [-0.2, 0) is 11.3 Å². The molecular formula is C19H26N4O2. The normalized spacial score (nSPS) is 18.2. The van der Waals surface area contributed by atoms with Crippen LogP contribution in [0.2, 0.25) is 0 Å². The Labute approximate surface area is 148 Å². The van der Waals surface area contributed by atoms with Gasteiger partial charge in [-0.25, -0.2) is 9.78 Å². The number of aromatic nitrogens is 2. The summed E-state index contributed by atoms with van der Waals surface area (Å²) in [4.78, 5) is 18.5. The highest BCUT2D eigenvalue weighted by atomic mass is 16.5. The molecule has 1 aliphatic heterocycles. The Morgan fingerprint density at radius 1 is 1.36 bits per heavy atom. The summed E-state index contributed by atoms with van der Waals surface area (Å²) in [5.74, 6) is 0. The standard InChI is InChI=1S/C19H26N4O2/c1-19(2,3)17-13-22(10-11-25-17)18(24)21-12-15-6-4-5-7-16(15)23-9-8-20-14-23/h4-9,14,17H,10-13H2,1-3H3,(H,21,24). The molecule has 1 atom stereocenters. The number of rotatable bonds is 3. The molecule has 2 aromatic rings. The summed E-state index contributed by atoms with van der Waals surface area (Å²) in [5.41, 5.74) is 2.09. The summed E-state index contributed by atoms with van der Waals surface area (Å²) in [6.45, 7) is 8.73. The highest BCUT2D eigenvalue weighted by Gasteiger charge is 2.32. The van der Waals surface area contributed by atoms with Gasteiger partial charge in [0.1, 0.15) is 0 Å². The highest BCUT2D eigenvalue weighted by molar-refractivity contribution is 5.74. The second-order valence-corrected chi connectivity index (χ2v) is 7.43. The molecule has 134 valence electrons. The Morgan fingerprint density at radius 2 is 2.16 bits per heavy atom. The molecular weight excluding hydrogens is 316 g/mol. The highest BCUT2D eigenvalue weighted by Crippen LogP contribution is 2.25. The van der Waals surface area contributed by atoms with Gasteiger partial charge in [0, 0.05) is 32.0 Å². The molecule has 1 saturated heterocycles. The second-order valence-electron chi connectivity index (χ2n) is 7.43. The number of hydrogen-bond acceptors (Lipinski definition) is 3. The fraction of sp³-hybridized carbons (Fsp3) is 0.474.